The highest BCUT2D eigenvalue weighted by Gasteiger charge is 2.24. The monoisotopic (exact) mass is 384 g/mol. The number of methoxy groups -OCH3 is 1. The van der Waals surface area contributed by atoms with Crippen molar-refractivity contribution in [2.45, 2.75) is 36.8 Å². The van der Waals surface area contributed by atoms with E-state index in [1.807, 2.05) is 30.3 Å². The van der Waals surface area contributed by atoms with Crippen molar-refractivity contribution in [2.75, 3.05) is 23.9 Å². The van der Waals surface area contributed by atoms with Crippen LogP contribution in [-0.2, 0) is 4.79 Å². The number of rotatable bonds is 6. The van der Waals surface area contributed by atoms with Crippen LogP contribution in [0.25, 0.3) is 0 Å². The van der Waals surface area contributed by atoms with Crippen molar-refractivity contribution < 1.29 is 14.3 Å². The predicted molar refractivity (Wildman–Crippen MR) is 110 cm³/mol. The van der Waals surface area contributed by atoms with Gasteiger partial charge < -0.3 is 15.0 Å². The fourth-order valence-electron chi connectivity index (χ4n) is 3.09. The molecule has 2 aromatic rings. The molecule has 3 rings (SSSR count). The average molecular weight is 385 g/mol. The first-order valence-corrected chi connectivity index (χ1v) is 9.93. The Morgan fingerprint density at radius 1 is 1.22 bits per heavy atom. The maximum atomic E-state index is 12.8. The van der Waals surface area contributed by atoms with Crippen LogP contribution in [0.1, 0.15) is 37.0 Å². The van der Waals surface area contributed by atoms with Crippen molar-refractivity contribution in [3.05, 3.63) is 48.0 Å². The smallest absolute Gasteiger partial charge is 0.256 e. The molecule has 2 aromatic carbocycles. The van der Waals surface area contributed by atoms with Gasteiger partial charge in [-0.1, -0.05) is 26.0 Å². The third kappa shape index (κ3) is 4.45. The van der Waals surface area contributed by atoms with Gasteiger partial charge in [0.15, 0.2) is 0 Å². The summed E-state index contributed by atoms with van der Waals surface area (Å²) in [6.07, 6.45) is 1.41. The lowest BCUT2D eigenvalue weighted by atomic mass is 10.2. The normalized spacial score (nSPS) is 13.9. The Morgan fingerprint density at radius 2 is 2.00 bits per heavy atom. The molecule has 0 radical (unpaired) electrons. The number of nitrogens with one attached hydrogen (secondary N) is 1. The van der Waals surface area contributed by atoms with Crippen LogP contribution < -0.4 is 15.0 Å². The second-order valence-corrected chi connectivity index (χ2v) is 8.27. The molecule has 0 spiro atoms. The molecule has 0 saturated carbocycles. The Morgan fingerprint density at radius 3 is 2.67 bits per heavy atom. The number of amides is 2. The van der Waals surface area contributed by atoms with Crippen molar-refractivity contribution in [3.63, 3.8) is 0 Å². The fourth-order valence-corrected chi connectivity index (χ4v) is 4.04. The molecule has 0 aliphatic carbocycles. The molecular formula is C21H24N2O3S. The van der Waals surface area contributed by atoms with E-state index in [9.17, 15) is 9.59 Å². The lowest BCUT2D eigenvalue weighted by molar-refractivity contribution is -0.117. The molecule has 2 amide bonds. The highest BCUT2D eigenvalue weighted by atomic mass is 32.2. The van der Waals surface area contributed by atoms with Gasteiger partial charge in [0.1, 0.15) is 5.75 Å². The Kier molecular flexibility index (Phi) is 6.06. The highest BCUT2D eigenvalue weighted by molar-refractivity contribution is 8.00. The van der Waals surface area contributed by atoms with E-state index in [2.05, 4.69) is 19.2 Å². The van der Waals surface area contributed by atoms with Crippen LogP contribution in [0.4, 0.5) is 11.4 Å². The van der Waals surface area contributed by atoms with E-state index in [-0.39, 0.29) is 11.8 Å². The minimum Gasteiger partial charge on any atom is -0.494 e. The first kappa shape index (κ1) is 19.3. The fraction of sp³-hybridized carbons (Fsp3) is 0.333. The Balaban J connectivity index is 1.82. The van der Waals surface area contributed by atoms with Gasteiger partial charge in [-0.25, -0.2) is 0 Å². The molecule has 1 fully saturated rings. The minimum absolute atomic E-state index is 0.102. The molecule has 1 N–H and O–H groups in total. The number of carbonyl (C=O) groups is 2. The lowest BCUT2D eigenvalue weighted by Gasteiger charge is -2.20. The van der Waals surface area contributed by atoms with Gasteiger partial charge in [-0.2, -0.15) is 0 Å². The molecule has 1 aliphatic rings. The van der Waals surface area contributed by atoms with Crippen LogP contribution in [0.5, 0.6) is 5.75 Å². The molecule has 0 unspecified atom stereocenters. The van der Waals surface area contributed by atoms with E-state index < -0.39 is 0 Å². The zero-order chi connectivity index (χ0) is 19.4. The Hall–Kier alpha value is -2.47. The van der Waals surface area contributed by atoms with Gasteiger partial charge >= 0.3 is 0 Å². The topological polar surface area (TPSA) is 58.6 Å². The molecule has 27 heavy (non-hydrogen) atoms. The molecule has 5 nitrogen and oxygen atoms in total. The number of benzene rings is 2. The molecule has 0 bridgehead atoms. The molecule has 1 saturated heterocycles. The van der Waals surface area contributed by atoms with Crippen LogP contribution in [0.2, 0.25) is 0 Å². The third-order valence-corrected chi connectivity index (χ3v) is 5.38. The van der Waals surface area contributed by atoms with Crippen LogP contribution >= 0.6 is 11.8 Å². The van der Waals surface area contributed by atoms with E-state index in [4.69, 9.17) is 4.74 Å². The largest absolute Gasteiger partial charge is 0.494 e. The minimum atomic E-state index is -0.161. The van der Waals surface area contributed by atoms with Gasteiger partial charge in [0.05, 0.1) is 18.4 Å². The summed E-state index contributed by atoms with van der Waals surface area (Å²) in [6, 6.07) is 13.0. The van der Waals surface area contributed by atoms with Crippen LogP contribution in [0, 0.1) is 0 Å². The van der Waals surface area contributed by atoms with Gasteiger partial charge in [-0.15, -0.1) is 11.8 Å². The molecule has 6 heteroatoms. The summed E-state index contributed by atoms with van der Waals surface area (Å²) in [5.41, 5.74) is 2.03. The quantitative estimate of drug-likeness (QED) is 0.741. The molecule has 0 atom stereocenters. The molecule has 0 aromatic heterocycles. The standard InChI is InChI=1S/C21H24N2O3S/c1-14(2)27-19-8-5-4-7-16(19)21(25)22-15-10-11-17(18(13-15)26-3)23-12-6-9-20(23)24/h4-5,7-8,10-11,13-14H,6,9,12H2,1-3H3,(H,22,25). The average Bonchev–Trinajstić information content (AvgIpc) is 3.07. The summed E-state index contributed by atoms with van der Waals surface area (Å²) < 4.78 is 5.46. The second-order valence-electron chi connectivity index (χ2n) is 6.65. The number of anilines is 2. The Labute approximate surface area is 164 Å². The first-order valence-electron chi connectivity index (χ1n) is 9.05. The summed E-state index contributed by atoms with van der Waals surface area (Å²) in [5, 5.41) is 3.33. The summed E-state index contributed by atoms with van der Waals surface area (Å²) in [7, 11) is 1.57. The summed E-state index contributed by atoms with van der Waals surface area (Å²) in [4.78, 5) is 27.5. The number of carbonyl (C=O) groups excluding carboxylic acids is 2. The lowest BCUT2D eigenvalue weighted by Crippen LogP contribution is -2.24. The van der Waals surface area contributed by atoms with E-state index in [1.165, 1.54) is 0 Å². The van der Waals surface area contributed by atoms with Crippen molar-refractivity contribution in [1.29, 1.82) is 0 Å². The number of hydrogen-bond donors (Lipinski definition) is 1. The number of nitrogens with zero attached hydrogens (tertiary/aromatic N) is 1. The third-order valence-electron chi connectivity index (χ3n) is 4.30. The van der Waals surface area contributed by atoms with Crippen molar-refractivity contribution in [1.82, 2.24) is 0 Å². The molecule has 142 valence electrons. The van der Waals surface area contributed by atoms with Gasteiger partial charge in [-0.05, 0) is 30.7 Å². The zero-order valence-corrected chi connectivity index (χ0v) is 16.6. The predicted octanol–water partition coefficient (Wildman–Crippen LogP) is 4.57. The van der Waals surface area contributed by atoms with Gasteiger partial charge in [0, 0.05) is 34.9 Å². The Bertz CT molecular complexity index is 851. The first-order chi connectivity index (χ1) is 13.0. The van der Waals surface area contributed by atoms with E-state index in [0.29, 0.717) is 35.2 Å². The SMILES string of the molecule is COc1cc(NC(=O)c2ccccc2SC(C)C)ccc1N1CCCC1=O. The van der Waals surface area contributed by atoms with Crippen LogP contribution in [0.3, 0.4) is 0 Å². The summed E-state index contributed by atoms with van der Waals surface area (Å²) in [5.74, 6) is 0.517. The highest BCUT2D eigenvalue weighted by Crippen LogP contribution is 2.34. The maximum Gasteiger partial charge on any atom is 0.256 e. The van der Waals surface area contributed by atoms with Crippen molar-refractivity contribution in [3.8, 4) is 5.75 Å². The summed E-state index contributed by atoms with van der Waals surface area (Å²) in [6.45, 7) is 4.89. The zero-order valence-electron chi connectivity index (χ0n) is 15.8. The van der Waals surface area contributed by atoms with E-state index in [0.717, 1.165) is 17.0 Å². The van der Waals surface area contributed by atoms with E-state index in [1.54, 1.807) is 35.9 Å². The van der Waals surface area contributed by atoms with Crippen molar-refractivity contribution in [2.24, 2.45) is 0 Å². The van der Waals surface area contributed by atoms with Crippen molar-refractivity contribution >= 4 is 35.0 Å². The summed E-state index contributed by atoms with van der Waals surface area (Å²) >= 11 is 1.66. The number of thioether (sulfide) groups is 1. The molecule has 1 aliphatic heterocycles. The number of hydrogen-bond acceptors (Lipinski definition) is 4. The second kappa shape index (κ2) is 8.48. The number of ether oxygens (including phenoxy) is 1. The van der Waals surface area contributed by atoms with Gasteiger partial charge in [0.25, 0.3) is 5.91 Å². The molecule has 1 heterocycles. The van der Waals surface area contributed by atoms with Gasteiger partial charge in [-0.3, -0.25) is 9.59 Å². The van der Waals surface area contributed by atoms with Crippen LogP contribution in [0.15, 0.2) is 47.4 Å². The maximum absolute atomic E-state index is 12.8. The molecular weight excluding hydrogens is 360 g/mol. The van der Waals surface area contributed by atoms with Gasteiger partial charge in [0.2, 0.25) is 5.91 Å². The van der Waals surface area contributed by atoms with Crippen LogP contribution in [-0.4, -0.2) is 30.7 Å². The van der Waals surface area contributed by atoms with E-state index >= 15 is 0 Å².